The molecule has 2 aromatic rings. The zero-order valence-corrected chi connectivity index (χ0v) is 15.6. The highest BCUT2D eigenvalue weighted by Gasteiger charge is 2.34. The number of fused-ring (bicyclic) bond motifs is 4. The van der Waals surface area contributed by atoms with Crippen molar-refractivity contribution in [2.45, 2.75) is 18.9 Å². The first-order chi connectivity index (χ1) is 12.6. The summed E-state index contributed by atoms with van der Waals surface area (Å²) in [6.07, 6.45) is 2.40. The van der Waals surface area contributed by atoms with E-state index >= 15 is 0 Å². The molecule has 136 valence electrons. The van der Waals surface area contributed by atoms with Gasteiger partial charge in [0, 0.05) is 12.6 Å². The van der Waals surface area contributed by atoms with E-state index in [1.165, 1.54) is 25.9 Å². The maximum Gasteiger partial charge on any atom is 0.261 e. The molecule has 0 aliphatic carbocycles. The van der Waals surface area contributed by atoms with E-state index in [-0.39, 0.29) is 5.91 Å². The second-order valence-corrected chi connectivity index (χ2v) is 7.48. The monoisotopic (exact) mass is 369 g/mol. The van der Waals surface area contributed by atoms with Crippen LogP contribution in [0, 0.1) is 5.92 Å². The summed E-state index contributed by atoms with van der Waals surface area (Å²) in [7, 11) is 1.57. The molecule has 6 heteroatoms. The Kier molecular flexibility index (Phi) is 4.78. The van der Waals surface area contributed by atoms with Crippen molar-refractivity contribution in [3.8, 4) is 5.75 Å². The first-order valence-electron chi connectivity index (χ1n) is 9.05. The molecule has 3 heterocycles. The molecule has 1 atom stereocenters. The Bertz CT molecular complexity index is 846. The van der Waals surface area contributed by atoms with Gasteiger partial charge in [-0.1, -0.05) is 24.3 Å². The molecule has 1 amide bonds. The van der Waals surface area contributed by atoms with Crippen molar-refractivity contribution in [3.05, 3.63) is 42.0 Å². The molecule has 2 N–H and O–H groups in total. The van der Waals surface area contributed by atoms with Gasteiger partial charge >= 0.3 is 0 Å². The number of amides is 1. The van der Waals surface area contributed by atoms with Crippen LogP contribution in [0.2, 0.25) is 0 Å². The predicted octanol–water partition coefficient (Wildman–Crippen LogP) is 2.55. The second-order valence-electron chi connectivity index (χ2n) is 7.07. The molecular weight excluding hydrogens is 346 g/mol. The van der Waals surface area contributed by atoms with E-state index in [1.807, 2.05) is 36.4 Å². The smallest absolute Gasteiger partial charge is 0.261 e. The van der Waals surface area contributed by atoms with Gasteiger partial charge in [-0.2, -0.15) is 0 Å². The Hall–Kier alpha value is -2.18. The molecule has 0 spiro atoms. The molecule has 2 bridgehead atoms. The van der Waals surface area contributed by atoms with Crippen LogP contribution >= 0.6 is 12.2 Å². The number of carbonyl (C=O) groups excluding carboxylic acids is 1. The van der Waals surface area contributed by atoms with Gasteiger partial charge in [0.1, 0.15) is 5.75 Å². The maximum absolute atomic E-state index is 12.8. The first-order valence-corrected chi connectivity index (χ1v) is 9.46. The van der Waals surface area contributed by atoms with E-state index in [1.54, 1.807) is 7.11 Å². The van der Waals surface area contributed by atoms with E-state index in [4.69, 9.17) is 17.0 Å². The van der Waals surface area contributed by atoms with Crippen molar-refractivity contribution >= 4 is 34.0 Å². The van der Waals surface area contributed by atoms with Gasteiger partial charge in [0.05, 0.1) is 12.7 Å². The molecular formula is C20H23N3O2S. The summed E-state index contributed by atoms with van der Waals surface area (Å²) < 4.78 is 5.42. The summed E-state index contributed by atoms with van der Waals surface area (Å²) in [4.78, 5) is 15.2. The number of thiocarbonyl (C=S) groups is 1. The molecule has 3 aliphatic heterocycles. The lowest BCUT2D eigenvalue weighted by atomic mass is 9.84. The van der Waals surface area contributed by atoms with Gasteiger partial charge in [-0.15, -0.1) is 0 Å². The third kappa shape index (κ3) is 3.39. The minimum absolute atomic E-state index is 0.244. The Morgan fingerprint density at radius 2 is 1.88 bits per heavy atom. The van der Waals surface area contributed by atoms with Crippen molar-refractivity contribution in [1.82, 2.24) is 15.5 Å². The topological polar surface area (TPSA) is 53.6 Å². The summed E-state index contributed by atoms with van der Waals surface area (Å²) in [6.45, 7) is 3.35. The number of carbonyl (C=O) groups is 1. The van der Waals surface area contributed by atoms with Gasteiger partial charge in [0.2, 0.25) is 0 Å². The van der Waals surface area contributed by atoms with Crippen LogP contribution < -0.4 is 15.4 Å². The van der Waals surface area contributed by atoms with Crippen LogP contribution in [0.15, 0.2) is 36.4 Å². The largest absolute Gasteiger partial charge is 0.496 e. The molecule has 0 saturated carbocycles. The van der Waals surface area contributed by atoms with Crippen molar-refractivity contribution in [2.24, 2.45) is 5.92 Å². The number of hydrogen-bond donors (Lipinski definition) is 2. The van der Waals surface area contributed by atoms with E-state index in [9.17, 15) is 4.79 Å². The van der Waals surface area contributed by atoms with Crippen LogP contribution in [0.3, 0.4) is 0 Å². The Labute approximate surface area is 158 Å². The highest BCUT2D eigenvalue weighted by molar-refractivity contribution is 7.80. The third-order valence-corrected chi connectivity index (χ3v) is 5.73. The van der Waals surface area contributed by atoms with Gasteiger partial charge in [0.25, 0.3) is 5.91 Å². The van der Waals surface area contributed by atoms with Gasteiger partial charge in [-0.25, -0.2) is 0 Å². The van der Waals surface area contributed by atoms with E-state index < -0.39 is 0 Å². The number of nitrogens with one attached hydrogen (secondary N) is 2. The lowest BCUT2D eigenvalue weighted by molar-refractivity contribution is 0.0807. The fourth-order valence-electron chi connectivity index (χ4n) is 4.07. The Morgan fingerprint density at radius 3 is 2.50 bits per heavy atom. The van der Waals surface area contributed by atoms with E-state index in [0.29, 0.717) is 28.4 Å². The number of nitrogens with zero attached hydrogens (tertiary/aromatic N) is 1. The molecule has 26 heavy (non-hydrogen) atoms. The minimum atomic E-state index is -0.244. The Morgan fingerprint density at radius 1 is 1.19 bits per heavy atom. The van der Waals surface area contributed by atoms with Crippen molar-refractivity contribution in [3.63, 3.8) is 0 Å². The molecule has 1 unspecified atom stereocenters. The SMILES string of the molecule is COc1cc2ccccc2cc1C(=O)NC(=S)NC1CN2CCC1CC2. The van der Waals surface area contributed by atoms with Crippen molar-refractivity contribution in [1.29, 1.82) is 0 Å². The first kappa shape index (κ1) is 17.2. The molecule has 3 saturated heterocycles. The predicted molar refractivity (Wildman–Crippen MR) is 107 cm³/mol. The summed E-state index contributed by atoms with van der Waals surface area (Å²) in [5, 5.41) is 8.59. The molecule has 0 aromatic heterocycles. The highest BCUT2D eigenvalue weighted by Crippen LogP contribution is 2.28. The zero-order valence-electron chi connectivity index (χ0n) is 14.8. The lowest BCUT2D eigenvalue weighted by Gasteiger charge is -2.45. The van der Waals surface area contributed by atoms with Gasteiger partial charge in [-0.05, 0) is 67.0 Å². The normalized spacial score (nSPS) is 24.3. The molecule has 5 nitrogen and oxygen atoms in total. The van der Waals surface area contributed by atoms with Crippen LogP contribution in [0.4, 0.5) is 0 Å². The summed E-state index contributed by atoms with van der Waals surface area (Å²) >= 11 is 5.40. The summed E-state index contributed by atoms with van der Waals surface area (Å²) in [5.74, 6) is 0.947. The molecule has 2 aromatic carbocycles. The molecule has 0 radical (unpaired) electrons. The van der Waals surface area contributed by atoms with Crippen LogP contribution in [0.25, 0.3) is 10.8 Å². The average molecular weight is 369 g/mol. The number of piperidine rings is 3. The number of hydrogen-bond acceptors (Lipinski definition) is 4. The lowest BCUT2D eigenvalue weighted by Crippen LogP contribution is -2.59. The van der Waals surface area contributed by atoms with Crippen molar-refractivity contribution in [2.75, 3.05) is 26.7 Å². The quantitative estimate of drug-likeness (QED) is 0.815. The standard InChI is InChI=1S/C20H23N3O2S/c1-25-18-11-15-5-3-2-4-14(15)10-16(18)19(24)22-20(26)21-17-12-23-8-6-13(17)7-9-23/h2-5,10-11,13,17H,6-9,12H2,1H3,(H2,21,22,24,26). The third-order valence-electron chi connectivity index (χ3n) is 5.51. The number of benzene rings is 2. The maximum atomic E-state index is 12.8. The number of methoxy groups -OCH3 is 1. The van der Waals surface area contributed by atoms with Gasteiger partial charge in [0.15, 0.2) is 5.11 Å². The fourth-order valence-corrected chi connectivity index (χ4v) is 4.31. The highest BCUT2D eigenvalue weighted by atomic mass is 32.1. The minimum Gasteiger partial charge on any atom is -0.496 e. The number of rotatable bonds is 3. The van der Waals surface area contributed by atoms with E-state index in [2.05, 4.69) is 15.5 Å². The van der Waals surface area contributed by atoms with E-state index in [0.717, 1.165) is 17.3 Å². The van der Waals surface area contributed by atoms with Crippen LogP contribution in [0.5, 0.6) is 5.75 Å². The van der Waals surface area contributed by atoms with Gasteiger partial charge in [-0.3, -0.25) is 10.1 Å². The van der Waals surface area contributed by atoms with Crippen LogP contribution in [0.1, 0.15) is 23.2 Å². The fraction of sp³-hybridized carbons (Fsp3) is 0.400. The molecule has 3 aliphatic rings. The summed E-state index contributed by atoms with van der Waals surface area (Å²) in [5.41, 5.74) is 0.490. The second kappa shape index (κ2) is 7.21. The molecule has 3 fully saturated rings. The average Bonchev–Trinajstić information content (AvgIpc) is 2.67. The van der Waals surface area contributed by atoms with Crippen molar-refractivity contribution < 1.29 is 9.53 Å². The number of ether oxygens (including phenoxy) is 1. The van der Waals surface area contributed by atoms with Crippen LogP contribution in [-0.2, 0) is 0 Å². The summed E-state index contributed by atoms with van der Waals surface area (Å²) in [6, 6.07) is 12.0. The molecule has 5 rings (SSSR count). The van der Waals surface area contributed by atoms with Crippen LogP contribution in [-0.4, -0.2) is 48.7 Å². The van der Waals surface area contributed by atoms with Gasteiger partial charge < -0.3 is 15.0 Å². The zero-order chi connectivity index (χ0) is 18.1. The Balaban J connectivity index is 1.47.